The van der Waals surface area contributed by atoms with Crippen LogP contribution in [0.5, 0.6) is 28.7 Å². The number of hydrazone groups is 1. The second-order valence-corrected chi connectivity index (χ2v) is 11.9. The average molecular weight is 760 g/mol. The minimum Gasteiger partial charge on any atom is -0.493 e. The highest BCUT2D eigenvalue weighted by Crippen LogP contribution is 2.36. The maximum Gasteiger partial charge on any atom is 0.271 e. The Morgan fingerprint density at radius 2 is 1.17 bits per heavy atom. The van der Waals surface area contributed by atoms with E-state index < -0.39 is 0 Å². The summed E-state index contributed by atoms with van der Waals surface area (Å²) < 4.78 is 30.4. The summed E-state index contributed by atoms with van der Waals surface area (Å²) in [7, 11) is 3.14. The number of hydrogen-bond donors (Lipinski definition) is 1. The fraction of sp³-hybridized carbons (Fsp3) is 0.135. The van der Waals surface area contributed by atoms with Gasteiger partial charge in [-0.05, 0) is 96.6 Å². The molecule has 0 fully saturated rings. The molecule has 10 heteroatoms. The molecule has 0 saturated carbocycles. The van der Waals surface area contributed by atoms with Gasteiger partial charge in [0.05, 0.1) is 29.4 Å². The van der Waals surface area contributed by atoms with E-state index in [0.717, 1.165) is 22.3 Å². The summed E-state index contributed by atoms with van der Waals surface area (Å²) in [6, 6.07) is 34.2. The summed E-state index contributed by atoms with van der Waals surface area (Å²) >= 11 is 7.17. The molecule has 47 heavy (non-hydrogen) atoms. The Kier molecular flexibility index (Phi) is 11.9. The molecule has 0 atom stereocenters. The molecule has 0 heterocycles. The lowest BCUT2D eigenvalue weighted by atomic mass is 10.2. The number of amides is 1. The van der Waals surface area contributed by atoms with Crippen LogP contribution in [0.25, 0.3) is 0 Å². The number of carbonyl (C=O) groups is 1. The van der Waals surface area contributed by atoms with Gasteiger partial charge in [-0.1, -0.05) is 66.7 Å². The number of hydrogen-bond acceptors (Lipinski definition) is 7. The van der Waals surface area contributed by atoms with Crippen molar-refractivity contribution >= 4 is 44.0 Å². The van der Waals surface area contributed by atoms with Gasteiger partial charge >= 0.3 is 0 Å². The number of rotatable bonds is 14. The molecule has 5 aromatic carbocycles. The molecule has 1 amide bonds. The zero-order valence-electron chi connectivity index (χ0n) is 25.7. The minimum absolute atomic E-state index is 0.301. The number of nitrogens with one attached hydrogen (secondary N) is 1. The monoisotopic (exact) mass is 758 g/mol. The van der Waals surface area contributed by atoms with Crippen molar-refractivity contribution in [3.8, 4) is 28.7 Å². The van der Waals surface area contributed by atoms with Crippen LogP contribution in [0.1, 0.15) is 32.6 Å². The molecule has 240 valence electrons. The third kappa shape index (κ3) is 9.37. The number of nitrogens with zero attached hydrogens (tertiary/aromatic N) is 1. The van der Waals surface area contributed by atoms with Crippen LogP contribution in [0.4, 0.5) is 0 Å². The van der Waals surface area contributed by atoms with E-state index in [1.165, 1.54) is 7.11 Å². The van der Waals surface area contributed by atoms with Crippen LogP contribution < -0.4 is 29.1 Å². The molecule has 8 nitrogen and oxygen atoms in total. The second kappa shape index (κ2) is 16.7. The van der Waals surface area contributed by atoms with Crippen LogP contribution >= 0.6 is 31.9 Å². The average Bonchev–Trinajstić information content (AvgIpc) is 3.10. The number of benzene rings is 5. The lowest BCUT2D eigenvalue weighted by Crippen LogP contribution is -2.17. The van der Waals surface area contributed by atoms with Crippen molar-refractivity contribution in [2.45, 2.75) is 19.8 Å². The molecule has 0 aromatic heterocycles. The Morgan fingerprint density at radius 3 is 1.74 bits per heavy atom. The quantitative estimate of drug-likeness (QED) is 0.0901. The third-order valence-corrected chi connectivity index (χ3v) is 8.09. The first-order valence-electron chi connectivity index (χ1n) is 14.6. The van der Waals surface area contributed by atoms with E-state index in [1.54, 1.807) is 31.5 Å². The molecule has 1 N–H and O–H groups in total. The largest absolute Gasteiger partial charge is 0.493 e. The van der Waals surface area contributed by atoms with E-state index in [-0.39, 0.29) is 5.91 Å². The van der Waals surface area contributed by atoms with E-state index in [2.05, 4.69) is 42.4 Å². The maximum absolute atomic E-state index is 12.8. The second-order valence-electron chi connectivity index (χ2n) is 10.2. The minimum atomic E-state index is -0.390. The van der Waals surface area contributed by atoms with Crippen LogP contribution in [0.15, 0.2) is 123 Å². The lowest BCUT2D eigenvalue weighted by Gasteiger charge is -2.14. The highest BCUT2D eigenvalue weighted by atomic mass is 79.9. The molecule has 0 aliphatic rings. The van der Waals surface area contributed by atoms with Crippen molar-refractivity contribution in [2.75, 3.05) is 14.2 Å². The molecular formula is C37H32Br2N2O6. The van der Waals surface area contributed by atoms with Gasteiger partial charge in [0.15, 0.2) is 23.0 Å². The first kappa shape index (κ1) is 33.6. The van der Waals surface area contributed by atoms with Crippen LogP contribution in [-0.4, -0.2) is 26.3 Å². The molecule has 0 aliphatic carbocycles. The Balaban J connectivity index is 1.16. The summed E-state index contributed by atoms with van der Waals surface area (Å²) in [5.74, 6) is 2.50. The highest BCUT2D eigenvalue weighted by molar-refractivity contribution is 9.11. The Morgan fingerprint density at radius 1 is 0.638 bits per heavy atom. The van der Waals surface area contributed by atoms with Gasteiger partial charge in [-0.25, -0.2) is 5.43 Å². The van der Waals surface area contributed by atoms with Crippen LogP contribution in [0, 0.1) is 0 Å². The van der Waals surface area contributed by atoms with E-state index in [9.17, 15) is 4.79 Å². The molecule has 0 radical (unpaired) electrons. The fourth-order valence-corrected chi connectivity index (χ4v) is 5.95. The zero-order valence-corrected chi connectivity index (χ0v) is 28.9. The first-order valence-corrected chi connectivity index (χ1v) is 16.2. The Bertz CT molecular complexity index is 1810. The van der Waals surface area contributed by atoms with Gasteiger partial charge in [0.2, 0.25) is 0 Å². The molecule has 5 aromatic rings. The van der Waals surface area contributed by atoms with E-state index >= 15 is 0 Å². The topological polar surface area (TPSA) is 87.6 Å². The number of ether oxygens (including phenoxy) is 5. The first-order chi connectivity index (χ1) is 22.9. The van der Waals surface area contributed by atoms with Gasteiger partial charge in [-0.2, -0.15) is 5.10 Å². The summed E-state index contributed by atoms with van der Waals surface area (Å²) in [6.45, 7) is 1.13. The molecule has 0 saturated heterocycles. The fourth-order valence-electron chi connectivity index (χ4n) is 4.50. The Labute approximate surface area is 290 Å². The van der Waals surface area contributed by atoms with E-state index in [0.29, 0.717) is 63.1 Å². The van der Waals surface area contributed by atoms with Crippen molar-refractivity contribution in [1.82, 2.24) is 5.43 Å². The van der Waals surface area contributed by atoms with Crippen molar-refractivity contribution < 1.29 is 28.5 Å². The third-order valence-electron chi connectivity index (χ3n) is 6.91. The van der Waals surface area contributed by atoms with Crippen molar-refractivity contribution in [3.05, 3.63) is 146 Å². The normalized spacial score (nSPS) is 10.8. The number of methoxy groups -OCH3 is 2. The molecule has 0 bridgehead atoms. The molecule has 0 unspecified atom stereocenters. The van der Waals surface area contributed by atoms with Crippen molar-refractivity contribution in [1.29, 1.82) is 0 Å². The zero-order chi connectivity index (χ0) is 33.0. The summed E-state index contributed by atoms with van der Waals surface area (Å²) in [5.41, 5.74) is 6.69. The molecule has 0 aliphatic heterocycles. The standard InChI is InChI=1S/C37H32Br2N2O6/c1-43-34-19-27(13-15-32(34)45-22-25-9-5-3-6-10-25)24-47-36-30(38)17-28(18-31(36)39)21-40-41-37(42)29-14-16-33(35(20-29)44-2)46-23-26-11-7-4-8-12-26/h3-21H,22-24H2,1-2H3,(H,41,42)/b40-21+. The van der Waals surface area contributed by atoms with Crippen LogP contribution in [-0.2, 0) is 19.8 Å². The van der Waals surface area contributed by atoms with Gasteiger partial charge < -0.3 is 23.7 Å². The number of halogens is 2. The highest BCUT2D eigenvalue weighted by Gasteiger charge is 2.13. The number of carbonyl (C=O) groups excluding carboxylic acids is 1. The van der Waals surface area contributed by atoms with Crippen molar-refractivity contribution in [3.63, 3.8) is 0 Å². The SMILES string of the molecule is COc1cc(COc2c(Br)cc(/C=N/NC(=O)c3ccc(OCc4ccccc4)c(OC)c3)cc2Br)ccc1OCc1ccccc1. The van der Waals surface area contributed by atoms with Gasteiger partial charge in [-0.3, -0.25) is 4.79 Å². The summed E-state index contributed by atoms with van der Waals surface area (Å²) in [5, 5.41) is 4.13. The predicted molar refractivity (Wildman–Crippen MR) is 189 cm³/mol. The summed E-state index contributed by atoms with van der Waals surface area (Å²) in [6.07, 6.45) is 1.55. The maximum atomic E-state index is 12.8. The van der Waals surface area contributed by atoms with Gasteiger partial charge in [0, 0.05) is 5.56 Å². The van der Waals surface area contributed by atoms with E-state index in [4.69, 9.17) is 23.7 Å². The molecule has 5 rings (SSSR count). The van der Waals surface area contributed by atoms with Crippen LogP contribution in [0.3, 0.4) is 0 Å². The summed E-state index contributed by atoms with van der Waals surface area (Å²) in [4.78, 5) is 12.8. The van der Waals surface area contributed by atoms with E-state index in [1.807, 2.05) is 91.0 Å². The molecular weight excluding hydrogens is 728 g/mol. The predicted octanol–water partition coefficient (Wildman–Crippen LogP) is 8.73. The molecule has 0 spiro atoms. The van der Waals surface area contributed by atoms with Crippen LogP contribution in [0.2, 0.25) is 0 Å². The Hall–Kier alpha value is -4.80. The van der Waals surface area contributed by atoms with Crippen molar-refractivity contribution in [2.24, 2.45) is 5.10 Å². The smallest absolute Gasteiger partial charge is 0.271 e. The van der Waals surface area contributed by atoms with Gasteiger partial charge in [-0.15, -0.1) is 0 Å². The lowest BCUT2D eigenvalue weighted by molar-refractivity contribution is 0.0954. The van der Waals surface area contributed by atoms with Gasteiger partial charge in [0.25, 0.3) is 5.91 Å². The van der Waals surface area contributed by atoms with Gasteiger partial charge in [0.1, 0.15) is 25.6 Å².